The Kier molecular flexibility index (Phi) is 3.93. The van der Waals surface area contributed by atoms with Crippen LogP contribution in [0.1, 0.15) is 53.4 Å². The van der Waals surface area contributed by atoms with Crippen LogP contribution in [0.25, 0.3) is 0 Å². The molecule has 0 radical (unpaired) electrons. The van der Waals surface area contributed by atoms with Gasteiger partial charge in [-0.15, -0.1) is 0 Å². The normalized spacial score (nSPS) is 38.9. The first-order valence-corrected chi connectivity index (χ1v) is 6.25. The van der Waals surface area contributed by atoms with Gasteiger partial charge in [0.1, 0.15) is 5.78 Å². The first-order valence-electron chi connectivity index (χ1n) is 6.25. The van der Waals surface area contributed by atoms with E-state index in [0.29, 0.717) is 23.5 Å². The first-order chi connectivity index (χ1) is 7.01. The molecule has 0 aliphatic heterocycles. The van der Waals surface area contributed by atoms with Crippen LogP contribution in [0.4, 0.5) is 0 Å². The third-order valence-corrected chi connectivity index (χ3v) is 3.95. The fourth-order valence-corrected chi connectivity index (χ4v) is 2.94. The van der Waals surface area contributed by atoms with E-state index in [9.17, 15) is 9.90 Å². The molecule has 0 aromatic rings. The molecule has 2 fully saturated rings. The summed E-state index contributed by atoms with van der Waals surface area (Å²) in [6, 6.07) is 0. The molecule has 0 aromatic carbocycles. The fourth-order valence-electron chi connectivity index (χ4n) is 2.94. The summed E-state index contributed by atoms with van der Waals surface area (Å²) in [4.78, 5) is 11.2. The standard InChI is InChI=1S/C11H18O2.C2H6/c1-7(2)11(13)5-8-3-10(12)4-9(8)6-11;1-2/h7-9,13H,3-6H2,1-2H3;1-2H3/t8-,9+,11?;. The van der Waals surface area contributed by atoms with Gasteiger partial charge < -0.3 is 5.11 Å². The molecule has 1 unspecified atom stereocenters. The maximum atomic E-state index is 11.2. The second kappa shape index (κ2) is 4.65. The predicted molar refractivity (Wildman–Crippen MR) is 61.6 cm³/mol. The Morgan fingerprint density at radius 2 is 1.60 bits per heavy atom. The van der Waals surface area contributed by atoms with Crippen LogP contribution >= 0.6 is 0 Å². The molecular formula is C13H24O2. The molecular weight excluding hydrogens is 188 g/mol. The van der Waals surface area contributed by atoms with Crippen molar-refractivity contribution in [3.63, 3.8) is 0 Å². The third-order valence-electron chi connectivity index (χ3n) is 3.95. The van der Waals surface area contributed by atoms with Gasteiger partial charge in [-0.05, 0) is 30.6 Å². The molecule has 15 heavy (non-hydrogen) atoms. The molecule has 88 valence electrons. The zero-order valence-corrected chi connectivity index (χ0v) is 10.4. The molecule has 0 bridgehead atoms. The molecule has 2 nitrogen and oxygen atoms in total. The Morgan fingerprint density at radius 3 is 1.93 bits per heavy atom. The number of carbonyl (C=O) groups is 1. The topological polar surface area (TPSA) is 37.3 Å². The number of hydrogen-bond donors (Lipinski definition) is 1. The van der Waals surface area contributed by atoms with Crippen molar-refractivity contribution < 1.29 is 9.90 Å². The van der Waals surface area contributed by atoms with E-state index in [-0.39, 0.29) is 0 Å². The minimum Gasteiger partial charge on any atom is -0.390 e. The van der Waals surface area contributed by atoms with Gasteiger partial charge in [-0.3, -0.25) is 4.79 Å². The van der Waals surface area contributed by atoms with Crippen molar-refractivity contribution in [1.29, 1.82) is 0 Å². The van der Waals surface area contributed by atoms with E-state index < -0.39 is 5.60 Å². The van der Waals surface area contributed by atoms with E-state index in [1.54, 1.807) is 0 Å². The summed E-state index contributed by atoms with van der Waals surface area (Å²) in [5, 5.41) is 10.2. The lowest BCUT2D eigenvalue weighted by Gasteiger charge is -2.28. The van der Waals surface area contributed by atoms with Gasteiger partial charge in [0.05, 0.1) is 5.60 Å². The maximum absolute atomic E-state index is 11.2. The Bertz CT molecular complexity index is 217. The van der Waals surface area contributed by atoms with E-state index in [2.05, 4.69) is 13.8 Å². The molecule has 2 heteroatoms. The highest BCUT2D eigenvalue weighted by molar-refractivity contribution is 5.81. The number of hydrogen-bond acceptors (Lipinski definition) is 2. The molecule has 0 saturated heterocycles. The minimum absolute atomic E-state index is 0.327. The van der Waals surface area contributed by atoms with Gasteiger partial charge in [-0.2, -0.15) is 0 Å². The smallest absolute Gasteiger partial charge is 0.133 e. The van der Waals surface area contributed by atoms with Crippen LogP contribution in [0.2, 0.25) is 0 Å². The number of rotatable bonds is 1. The number of carbonyl (C=O) groups excluding carboxylic acids is 1. The Balaban J connectivity index is 0.000000531. The highest BCUT2D eigenvalue weighted by Crippen LogP contribution is 2.49. The molecule has 2 aliphatic rings. The van der Waals surface area contributed by atoms with Gasteiger partial charge in [0.15, 0.2) is 0 Å². The van der Waals surface area contributed by atoms with E-state index in [1.807, 2.05) is 13.8 Å². The molecule has 2 rings (SSSR count). The molecule has 2 saturated carbocycles. The molecule has 2 aliphatic carbocycles. The van der Waals surface area contributed by atoms with E-state index in [0.717, 1.165) is 25.7 Å². The Labute approximate surface area is 93.1 Å². The first kappa shape index (κ1) is 12.7. The van der Waals surface area contributed by atoms with Crippen LogP contribution in [0.5, 0.6) is 0 Å². The second-order valence-corrected chi connectivity index (χ2v) is 5.13. The maximum Gasteiger partial charge on any atom is 0.133 e. The molecule has 0 spiro atoms. The fraction of sp³-hybridized carbons (Fsp3) is 0.923. The summed E-state index contributed by atoms with van der Waals surface area (Å²) in [5.74, 6) is 1.70. The lowest BCUT2D eigenvalue weighted by Crippen LogP contribution is -2.32. The van der Waals surface area contributed by atoms with Gasteiger partial charge in [-0.25, -0.2) is 0 Å². The largest absolute Gasteiger partial charge is 0.390 e. The van der Waals surface area contributed by atoms with Crippen molar-refractivity contribution in [2.45, 2.75) is 59.0 Å². The van der Waals surface area contributed by atoms with Crippen molar-refractivity contribution in [3.8, 4) is 0 Å². The van der Waals surface area contributed by atoms with Gasteiger partial charge in [-0.1, -0.05) is 27.7 Å². The average molecular weight is 212 g/mol. The Hall–Kier alpha value is -0.370. The highest BCUT2D eigenvalue weighted by atomic mass is 16.3. The zero-order valence-electron chi connectivity index (χ0n) is 10.4. The molecule has 1 N–H and O–H groups in total. The predicted octanol–water partition coefficient (Wildman–Crippen LogP) is 2.79. The number of Topliss-reactive ketones (excluding diaryl/α,β-unsaturated/α-hetero) is 1. The Morgan fingerprint density at radius 1 is 1.20 bits per heavy atom. The van der Waals surface area contributed by atoms with E-state index in [4.69, 9.17) is 0 Å². The lowest BCUT2D eigenvalue weighted by atomic mass is 9.86. The van der Waals surface area contributed by atoms with Crippen molar-refractivity contribution in [1.82, 2.24) is 0 Å². The van der Waals surface area contributed by atoms with Gasteiger partial charge in [0, 0.05) is 12.8 Å². The lowest BCUT2D eigenvalue weighted by molar-refractivity contribution is -0.118. The summed E-state index contributed by atoms with van der Waals surface area (Å²) < 4.78 is 0. The van der Waals surface area contributed by atoms with E-state index >= 15 is 0 Å². The second-order valence-electron chi connectivity index (χ2n) is 5.13. The summed E-state index contributed by atoms with van der Waals surface area (Å²) in [7, 11) is 0. The average Bonchev–Trinajstić information content (AvgIpc) is 2.62. The monoisotopic (exact) mass is 212 g/mol. The van der Waals surface area contributed by atoms with Crippen LogP contribution in [0.15, 0.2) is 0 Å². The third kappa shape index (κ3) is 2.41. The SMILES string of the molecule is CC.CC(C)C1(O)C[C@H]2CC(=O)C[C@H]2C1. The van der Waals surface area contributed by atoms with Gasteiger partial charge >= 0.3 is 0 Å². The zero-order chi connectivity index (χ0) is 11.6. The molecule has 3 atom stereocenters. The van der Waals surface area contributed by atoms with Crippen LogP contribution < -0.4 is 0 Å². The molecule has 0 amide bonds. The summed E-state index contributed by atoms with van der Waals surface area (Å²) >= 11 is 0. The van der Waals surface area contributed by atoms with Gasteiger partial charge in [0.2, 0.25) is 0 Å². The minimum atomic E-state index is -0.476. The molecule has 0 aromatic heterocycles. The van der Waals surface area contributed by atoms with Crippen molar-refractivity contribution in [2.75, 3.05) is 0 Å². The molecule has 0 heterocycles. The quantitative estimate of drug-likeness (QED) is 0.725. The summed E-state index contributed by atoms with van der Waals surface area (Å²) in [6.45, 7) is 8.14. The number of aliphatic hydroxyl groups is 1. The summed E-state index contributed by atoms with van der Waals surface area (Å²) in [5.41, 5.74) is -0.476. The van der Waals surface area contributed by atoms with Crippen LogP contribution in [0, 0.1) is 17.8 Å². The highest BCUT2D eigenvalue weighted by Gasteiger charge is 2.49. The van der Waals surface area contributed by atoms with Crippen molar-refractivity contribution in [2.24, 2.45) is 17.8 Å². The van der Waals surface area contributed by atoms with Crippen LogP contribution in [-0.4, -0.2) is 16.5 Å². The van der Waals surface area contributed by atoms with Crippen LogP contribution in [0.3, 0.4) is 0 Å². The number of fused-ring (bicyclic) bond motifs is 1. The summed E-state index contributed by atoms with van der Waals surface area (Å²) in [6.07, 6.45) is 3.14. The van der Waals surface area contributed by atoms with Crippen molar-refractivity contribution >= 4 is 5.78 Å². The van der Waals surface area contributed by atoms with E-state index in [1.165, 1.54) is 0 Å². The van der Waals surface area contributed by atoms with Crippen LogP contribution in [-0.2, 0) is 4.79 Å². The van der Waals surface area contributed by atoms with Gasteiger partial charge in [0.25, 0.3) is 0 Å². The number of ketones is 1. The van der Waals surface area contributed by atoms with Crippen molar-refractivity contribution in [3.05, 3.63) is 0 Å².